The summed E-state index contributed by atoms with van der Waals surface area (Å²) >= 11 is 0. The van der Waals surface area contributed by atoms with Crippen molar-refractivity contribution in [1.82, 2.24) is 4.98 Å². The lowest BCUT2D eigenvalue weighted by Crippen LogP contribution is -2.05. The molecule has 1 aliphatic heterocycles. The van der Waals surface area contributed by atoms with Gasteiger partial charge in [0.15, 0.2) is 0 Å². The van der Waals surface area contributed by atoms with E-state index in [2.05, 4.69) is 10.3 Å². The summed E-state index contributed by atoms with van der Waals surface area (Å²) in [5.41, 5.74) is 4.42. The topological polar surface area (TPSA) is 71.2 Å². The summed E-state index contributed by atoms with van der Waals surface area (Å²) in [6.07, 6.45) is 1.80. The van der Waals surface area contributed by atoms with E-state index in [9.17, 15) is 9.59 Å². The van der Waals surface area contributed by atoms with E-state index in [0.717, 1.165) is 27.6 Å². The first-order valence-corrected chi connectivity index (χ1v) is 8.51. The molecular weight excluding hydrogens is 328 g/mol. The molecule has 0 saturated carbocycles. The van der Waals surface area contributed by atoms with E-state index >= 15 is 0 Å². The van der Waals surface area contributed by atoms with Crippen molar-refractivity contribution in [3.05, 3.63) is 65.0 Å². The normalized spacial score (nSPS) is 14.5. The molecule has 0 unspecified atom stereocenters. The fourth-order valence-corrected chi connectivity index (χ4v) is 3.40. The number of hydrogen-bond acceptors (Lipinski definition) is 3. The maximum atomic E-state index is 12.5. The molecule has 5 nitrogen and oxygen atoms in total. The maximum Gasteiger partial charge on any atom is 0.355 e. The van der Waals surface area contributed by atoms with Crippen molar-refractivity contribution in [3.63, 3.8) is 0 Å². The van der Waals surface area contributed by atoms with Crippen molar-refractivity contribution in [1.29, 1.82) is 0 Å². The van der Waals surface area contributed by atoms with Gasteiger partial charge in [-0.15, -0.1) is 0 Å². The second kappa shape index (κ2) is 6.19. The fourth-order valence-electron chi connectivity index (χ4n) is 3.40. The van der Waals surface area contributed by atoms with Gasteiger partial charge in [0.1, 0.15) is 5.69 Å². The van der Waals surface area contributed by atoms with Crippen LogP contribution in [0, 0.1) is 6.92 Å². The molecule has 1 aromatic heterocycles. The van der Waals surface area contributed by atoms with Gasteiger partial charge in [-0.2, -0.15) is 0 Å². The molecule has 0 bridgehead atoms. The number of hydrogen-bond donors (Lipinski definition) is 2. The highest BCUT2D eigenvalue weighted by Gasteiger charge is 2.26. The lowest BCUT2D eigenvalue weighted by Gasteiger charge is -2.02. The zero-order valence-corrected chi connectivity index (χ0v) is 14.6. The Morgan fingerprint density at radius 3 is 2.65 bits per heavy atom. The van der Waals surface area contributed by atoms with Crippen LogP contribution in [0.2, 0.25) is 0 Å². The van der Waals surface area contributed by atoms with E-state index < -0.39 is 5.97 Å². The molecule has 0 atom stereocenters. The van der Waals surface area contributed by atoms with Crippen molar-refractivity contribution in [2.75, 3.05) is 11.9 Å². The third-order valence-electron chi connectivity index (χ3n) is 4.55. The minimum atomic E-state index is -0.402. The molecule has 1 amide bonds. The lowest BCUT2D eigenvalue weighted by atomic mass is 10.00. The summed E-state index contributed by atoms with van der Waals surface area (Å²) < 4.78 is 5.15. The molecule has 130 valence electrons. The van der Waals surface area contributed by atoms with E-state index in [4.69, 9.17) is 4.74 Å². The van der Waals surface area contributed by atoms with Crippen LogP contribution in [0.1, 0.15) is 34.2 Å². The van der Waals surface area contributed by atoms with Crippen LogP contribution < -0.4 is 5.32 Å². The Balaban J connectivity index is 1.90. The first-order valence-electron chi connectivity index (χ1n) is 8.51. The highest BCUT2D eigenvalue weighted by atomic mass is 16.5. The third kappa shape index (κ3) is 2.49. The van der Waals surface area contributed by atoms with Crippen LogP contribution in [-0.4, -0.2) is 23.5 Å². The van der Waals surface area contributed by atoms with Crippen LogP contribution in [0.15, 0.2) is 42.5 Å². The van der Waals surface area contributed by atoms with Gasteiger partial charge in [0.25, 0.3) is 5.91 Å². The molecule has 2 N–H and O–H groups in total. The van der Waals surface area contributed by atoms with Gasteiger partial charge in [-0.3, -0.25) is 4.79 Å². The number of H-pyrrole nitrogens is 1. The molecular formula is C21H18N2O3. The molecule has 4 rings (SSSR count). The largest absolute Gasteiger partial charge is 0.461 e. The minimum absolute atomic E-state index is 0.148. The standard InChI is InChI=1S/C21H18N2O3/c1-3-26-21(25)19-14-9-5-4-8-13(14)17(22-19)11-15-18-12(2)7-6-10-16(18)23-20(15)24/h4-11,22H,3H2,1-2H3,(H,23,24). The highest BCUT2D eigenvalue weighted by Crippen LogP contribution is 2.36. The predicted molar refractivity (Wildman–Crippen MR) is 102 cm³/mol. The molecule has 0 spiro atoms. The van der Waals surface area contributed by atoms with E-state index in [-0.39, 0.29) is 5.91 Å². The summed E-state index contributed by atoms with van der Waals surface area (Å²) in [5.74, 6) is -0.550. The Morgan fingerprint density at radius 1 is 1.12 bits per heavy atom. The molecule has 5 heteroatoms. The van der Waals surface area contributed by atoms with Gasteiger partial charge >= 0.3 is 5.97 Å². The summed E-state index contributed by atoms with van der Waals surface area (Å²) in [7, 11) is 0. The van der Waals surface area contributed by atoms with Crippen LogP contribution in [0.3, 0.4) is 0 Å². The number of ether oxygens (including phenoxy) is 1. The maximum absolute atomic E-state index is 12.5. The molecule has 3 aromatic rings. The second-order valence-corrected chi connectivity index (χ2v) is 6.19. The number of carbonyl (C=O) groups excluding carboxylic acids is 2. The molecule has 0 aliphatic carbocycles. The molecule has 2 heterocycles. The van der Waals surface area contributed by atoms with Crippen LogP contribution >= 0.6 is 0 Å². The highest BCUT2D eigenvalue weighted by molar-refractivity contribution is 6.35. The van der Waals surface area contributed by atoms with Crippen LogP contribution in [0.25, 0.3) is 22.4 Å². The van der Waals surface area contributed by atoms with Crippen molar-refractivity contribution >= 4 is 40.0 Å². The van der Waals surface area contributed by atoms with Gasteiger partial charge < -0.3 is 15.0 Å². The molecule has 0 saturated heterocycles. The Bertz CT molecular complexity index is 1080. The van der Waals surface area contributed by atoms with Crippen molar-refractivity contribution in [2.24, 2.45) is 0 Å². The zero-order chi connectivity index (χ0) is 18.3. The molecule has 0 radical (unpaired) electrons. The first-order chi connectivity index (χ1) is 12.6. The number of fused-ring (bicyclic) bond motifs is 2. The van der Waals surface area contributed by atoms with Gasteiger partial charge in [-0.1, -0.05) is 36.4 Å². The zero-order valence-electron chi connectivity index (χ0n) is 14.6. The predicted octanol–water partition coefficient (Wildman–Crippen LogP) is 4.15. The van der Waals surface area contributed by atoms with Crippen molar-refractivity contribution < 1.29 is 14.3 Å². The average molecular weight is 346 g/mol. The first kappa shape index (κ1) is 16.1. The number of aromatic amines is 1. The summed E-state index contributed by atoms with van der Waals surface area (Å²) in [6.45, 7) is 4.05. The monoisotopic (exact) mass is 346 g/mol. The van der Waals surface area contributed by atoms with Crippen LogP contribution in [0.4, 0.5) is 5.69 Å². The third-order valence-corrected chi connectivity index (χ3v) is 4.55. The SMILES string of the molecule is CCOC(=O)c1[nH]c(C=C2C(=O)Nc3cccc(C)c32)c2ccccc12. The number of nitrogens with one attached hydrogen (secondary N) is 2. The number of aromatic nitrogens is 1. The van der Waals surface area contributed by atoms with E-state index in [1.54, 1.807) is 13.0 Å². The van der Waals surface area contributed by atoms with E-state index in [0.29, 0.717) is 23.6 Å². The van der Waals surface area contributed by atoms with Gasteiger partial charge in [-0.05, 0) is 31.6 Å². The fraction of sp³-hybridized carbons (Fsp3) is 0.143. The molecule has 1 aliphatic rings. The van der Waals surface area contributed by atoms with Gasteiger partial charge in [0, 0.05) is 27.7 Å². The number of anilines is 1. The number of aryl methyl sites for hydroxylation is 1. The summed E-state index contributed by atoms with van der Waals surface area (Å²) in [4.78, 5) is 27.9. The lowest BCUT2D eigenvalue weighted by molar-refractivity contribution is -0.110. The van der Waals surface area contributed by atoms with Gasteiger partial charge in [0.2, 0.25) is 0 Å². The number of esters is 1. The average Bonchev–Trinajstić information content (AvgIpc) is 3.15. The van der Waals surface area contributed by atoms with Crippen LogP contribution in [-0.2, 0) is 9.53 Å². The summed E-state index contributed by atoms with van der Waals surface area (Å²) in [5, 5.41) is 4.55. The van der Waals surface area contributed by atoms with Crippen molar-refractivity contribution in [2.45, 2.75) is 13.8 Å². The van der Waals surface area contributed by atoms with E-state index in [1.165, 1.54) is 0 Å². The Kier molecular flexibility index (Phi) is 3.84. The van der Waals surface area contributed by atoms with E-state index in [1.807, 2.05) is 49.4 Å². The molecule has 26 heavy (non-hydrogen) atoms. The Labute approximate surface area is 150 Å². The molecule has 0 fully saturated rings. The Morgan fingerprint density at radius 2 is 1.88 bits per heavy atom. The second-order valence-electron chi connectivity index (χ2n) is 6.19. The number of amides is 1. The Hall–Kier alpha value is -3.34. The number of carbonyl (C=O) groups is 2. The number of benzene rings is 2. The van der Waals surface area contributed by atoms with Crippen molar-refractivity contribution in [3.8, 4) is 0 Å². The minimum Gasteiger partial charge on any atom is -0.461 e. The van der Waals surface area contributed by atoms with Gasteiger partial charge in [-0.25, -0.2) is 4.79 Å². The van der Waals surface area contributed by atoms with Gasteiger partial charge in [0.05, 0.1) is 12.2 Å². The quantitative estimate of drug-likeness (QED) is 0.553. The smallest absolute Gasteiger partial charge is 0.355 e. The summed E-state index contributed by atoms with van der Waals surface area (Å²) in [6, 6.07) is 13.3. The number of rotatable bonds is 3. The van der Waals surface area contributed by atoms with Crippen LogP contribution in [0.5, 0.6) is 0 Å². The molecule has 2 aromatic carbocycles.